The van der Waals surface area contributed by atoms with Gasteiger partial charge >= 0.3 is 0 Å². The van der Waals surface area contributed by atoms with Gasteiger partial charge in [-0.05, 0) is 24.6 Å². The summed E-state index contributed by atoms with van der Waals surface area (Å²) in [6.45, 7) is 1.87. The number of halogens is 1. The van der Waals surface area contributed by atoms with Crippen molar-refractivity contribution in [3.05, 3.63) is 48.0 Å². The lowest BCUT2D eigenvalue weighted by atomic mass is 10.0. The first-order chi connectivity index (χ1) is 9.18. The Morgan fingerprint density at radius 3 is 2.68 bits per heavy atom. The number of furan rings is 1. The lowest BCUT2D eigenvalue weighted by Crippen LogP contribution is -1.90. The van der Waals surface area contributed by atoms with Crippen LogP contribution >= 0.6 is 0 Å². The molecule has 0 radical (unpaired) electrons. The Morgan fingerprint density at radius 1 is 1.21 bits per heavy atom. The fourth-order valence-electron chi connectivity index (χ4n) is 2.00. The van der Waals surface area contributed by atoms with E-state index in [1.165, 1.54) is 6.07 Å². The summed E-state index contributed by atoms with van der Waals surface area (Å²) >= 11 is 0. The number of hydrogen-bond donors (Lipinski definition) is 1. The van der Waals surface area contributed by atoms with Gasteiger partial charge in [-0.3, -0.25) is 0 Å². The van der Waals surface area contributed by atoms with E-state index < -0.39 is 0 Å². The number of rotatable bonds is 2. The molecule has 0 amide bonds. The van der Waals surface area contributed by atoms with Crippen LogP contribution in [0.3, 0.4) is 0 Å². The second-order valence-corrected chi connectivity index (χ2v) is 4.18. The zero-order valence-corrected chi connectivity index (χ0v) is 10.2. The molecule has 1 aromatic carbocycles. The maximum absolute atomic E-state index is 13.9. The number of aryl methyl sites for hydroxylation is 1. The molecule has 0 unspecified atom stereocenters. The van der Waals surface area contributed by atoms with Crippen LogP contribution in [0, 0.1) is 12.7 Å². The van der Waals surface area contributed by atoms with Crippen LogP contribution in [0.25, 0.3) is 22.6 Å². The van der Waals surface area contributed by atoms with Crippen LogP contribution in [-0.4, -0.2) is 5.16 Å². The molecule has 3 rings (SSSR count). The lowest BCUT2D eigenvalue weighted by molar-refractivity contribution is 0.435. The minimum atomic E-state index is -0.386. The number of benzene rings is 1. The van der Waals surface area contributed by atoms with Crippen molar-refractivity contribution in [3.8, 4) is 22.6 Å². The molecule has 0 aliphatic heterocycles. The van der Waals surface area contributed by atoms with Crippen LogP contribution in [0.1, 0.15) is 5.56 Å². The third kappa shape index (κ3) is 1.79. The molecular weight excluding hydrogens is 247 g/mol. The maximum Gasteiger partial charge on any atom is 0.230 e. The third-order valence-electron chi connectivity index (χ3n) is 2.94. The summed E-state index contributed by atoms with van der Waals surface area (Å²) in [6, 6.07) is 8.12. The van der Waals surface area contributed by atoms with Gasteiger partial charge in [-0.25, -0.2) is 4.39 Å². The highest BCUT2D eigenvalue weighted by Gasteiger charge is 2.22. The normalized spacial score (nSPS) is 10.8. The molecule has 2 heterocycles. The molecule has 4 nitrogen and oxygen atoms in total. The van der Waals surface area contributed by atoms with Gasteiger partial charge in [-0.2, -0.15) is 0 Å². The number of aromatic nitrogens is 1. The fraction of sp³-hybridized carbons (Fsp3) is 0.0714. The Kier molecular flexibility index (Phi) is 2.59. The summed E-state index contributed by atoms with van der Waals surface area (Å²) in [5.41, 5.74) is 7.80. The molecule has 0 bridgehead atoms. The first-order valence-electron chi connectivity index (χ1n) is 5.73. The van der Waals surface area contributed by atoms with Gasteiger partial charge < -0.3 is 14.7 Å². The standard InChI is InChI=1S/C14H11FN2O2/c1-8-6-7-18-13(8)12-11(14(16)19-17-12)9-4-2-3-5-10(9)15/h2-7H,16H2,1H3. The molecule has 0 spiro atoms. The predicted octanol–water partition coefficient (Wildman–Crippen LogP) is 3.63. The molecule has 19 heavy (non-hydrogen) atoms. The van der Waals surface area contributed by atoms with Gasteiger partial charge in [0.25, 0.3) is 0 Å². The topological polar surface area (TPSA) is 65.2 Å². The van der Waals surface area contributed by atoms with Crippen molar-refractivity contribution in [1.29, 1.82) is 0 Å². The molecule has 0 saturated carbocycles. The van der Waals surface area contributed by atoms with Gasteiger partial charge in [0.15, 0.2) is 11.5 Å². The zero-order chi connectivity index (χ0) is 13.4. The Hall–Kier alpha value is -2.56. The fourth-order valence-corrected chi connectivity index (χ4v) is 2.00. The van der Waals surface area contributed by atoms with Gasteiger partial charge in [0, 0.05) is 5.56 Å². The average Bonchev–Trinajstić information content (AvgIpc) is 2.96. The van der Waals surface area contributed by atoms with Crippen LogP contribution < -0.4 is 5.73 Å². The van der Waals surface area contributed by atoms with E-state index >= 15 is 0 Å². The van der Waals surface area contributed by atoms with E-state index in [0.717, 1.165) is 5.56 Å². The molecule has 2 N–H and O–H groups in total. The van der Waals surface area contributed by atoms with E-state index in [-0.39, 0.29) is 11.7 Å². The molecule has 5 heteroatoms. The van der Waals surface area contributed by atoms with Gasteiger partial charge in [-0.1, -0.05) is 23.4 Å². The van der Waals surface area contributed by atoms with Crippen molar-refractivity contribution in [1.82, 2.24) is 5.16 Å². The minimum Gasteiger partial charge on any atom is -0.462 e. The quantitative estimate of drug-likeness (QED) is 0.762. The lowest BCUT2D eigenvalue weighted by Gasteiger charge is -2.02. The van der Waals surface area contributed by atoms with Crippen molar-refractivity contribution >= 4 is 5.88 Å². The summed E-state index contributed by atoms with van der Waals surface area (Å²) in [4.78, 5) is 0. The molecule has 2 aromatic heterocycles. The second kappa shape index (κ2) is 4.28. The van der Waals surface area contributed by atoms with E-state index in [2.05, 4.69) is 5.16 Å². The van der Waals surface area contributed by atoms with Crippen LogP contribution in [0.15, 0.2) is 45.5 Å². The summed E-state index contributed by atoms with van der Waals surface area (Å²) in [6.07, 6.45) is 1.54. The van der Waals surface area contributed by atoms with Crippen LogP contribution in [0.4, 0.5) is 10.3 Å². The first-order valence-corrected chi connectivity index (χ1v) is 5.73. The van der Waals surface area contributed by atoms with Crippen molar-refractivity contribution < 1.29 is 13.3 Å². The Balaban J connectivity index is 2.26. The predicted molar refractivity (Wildman–Crippen MR) is 68.7 cm³/mol. The molecule has 0 aliphatic carbocycles. The van der Waals surface area contributed by atoms with Gasteiger partial charge in [0.1, 0.15) is 5.82 Å². The average molecular weight is 258 g/mol. The zero-order valence-electron chi connectivity index (χ0n) is 10.2. The van der Waals surface area contributed by atoms with Crippen molar-refractivity contribution in [2.24, 2.45) is 0 Å². The van der Waals surface area contributed by atoms with Gasteiger partial charge in [-0.15, -0.1) is 0 Å². The molecule has 96 valence electrons. The molecule has 0 aliphatic rings. The van der Waals surface area contributed by atoms with Crippen LogP contribution in [-0.2, 0) is 0 Å². The summed E-state index contributed by atoms with van der Waals surface area (Å²) in [5.74, 6) is 0.206. The number of anilines is 1. The number of nitrogens with zero attached hydrogens (tertiary/aromatic N) is 1. The molecule has 0 fully saturated rings. The smallest absolute Gasteiger partial charge is 0.230 e. The third-order valence-corrected chi connectivity index (χ3v) is 2.94. The first kappa shape index (κ1) is 11.5. The van der Waals surface area contributed by atoms with Gasteiger partial charge in [0.2, 0.25) is 5.88 Å². The van der Waals surface area contributed by atoms with E-state index in [1.807, 2.05) is 6.92 Å². The molecule has 3 aromatic rings. The summed E-state index contributed by atoms with van der Waals surface area (Å²) in [7, 11) is 0. The number of nitrogens with two attached hydrogens (primary N) is 1. The van der Waals surface area contributed by atoms with E-state index in [9.17, 15) is 4.39 Å². The van der Waals surface area contributed by atoms with Crippen molar-refractivity contribution in [2.75, 3.05) is 5.73 Å². The SMILES string of the molecule is Cc1ccoc1-c1noc(N)c1-c1ccccc1F. The highest BCUT2D eigenvalue weighted by molar-refractivity contribution is 5.86. The number of nitrogen functional groups attached to an aromatic ring is 1. The minimum absolute atomic E-state index is 0.0656. The molecule has 0 atom stereocenters. The number of hydrogen-bond acceptors (Lipinski definition) is 4. The molecular formula is C14H11FN2O2. The van der Waals surface area contributed by atoms with Crippen LogP contribution in [0.2, 0.25) is 0 Å². The van der Waals surface area contributed by atoms with Crippen molar-refractivity contribution in [2.45, 2.75) is 6.92 Å². The largest absolute Gasteiger partial charge is 0.462 e. The Bertz CT molecular complexity index is 731. The summed E-state index contributed by atoms with van der Waals surface area (Å²) in [5, 5.41) is 3.88. The molecule has 0 saturated heterocycles. The maximum atomic E-state index is 13.9. The second-order valence-electron chi connectivity index (χ2n) is 4.18. The van der Waals surface area contributed by atoms with Gasteiger partial charge in [0.05, 0.1) is 11.8 Å². The monoisotopic (exact) mass is 258 g/mol. The Morgan fingerprint density at radius 2 is 2.00 bits per heavy atom. The van der Waals surface area contributed by atoms with E-state index in [1.54, 1.807) is 30.5 Å². The highest BCUT2D eigenvalue weighted by Crippen LogP contribution is 2.38. The van der Waals surface area contributed by atoms with Crippen LogP contribution in [0.5, 0.6) is 0 Å². The Labute approximate surface area is 108 Å². The van der Waals surface area contributed by atoms with E-state index in [4.69, 9.17) is 14.7 Å². The highest BCUT2D eigenvalue weighted by atomic mass is 19.1. The summed E-state index contributed by atoms with van der Waals surface area (Å²) < 4.78 is 24.2. The van der Waals surface area contributed by atoms with E-state index in [0.29, 0.717) is 22.6 Å². The van der Waals surface area contributed by atoms with Crippen molar-refractivity contribution in [3.63, 3.8) is 0 Å².